The van der Waals surface area contributed by atoms with Crippen LogP contribution in [-0.4, -0.2) is 15.9 Å². The summed E-state index contributed by atoms with van der Waals surface area (Å²) in [6, 6.07) is 0. The van der Waals surface area contributed by atoms with Crippen LogP contribution in [0.15, 0.2) is 48.2 Å². The molecular weight excluding hydrogens is 245 g/mol. The standard InChI is InChI=1S/C14H16FN3O/c1-4-11(15)6-7-12(5-2)18-14(19)13-9-16-10(3)8-17-13/h4-9H,1-3H3,(H,18,19)/b7-6-,11-4-,12-5+. The highest BCUT2D eigenvalue weighted by atomic mass is 19.1. The van der Waals surface area contributed by atoms with E-state index in [1.807, 2.05) is 0 Å². The molecule has 1 amide bonds. The summed E-state index contributed by atoms with van der Waals surface area (Å²) < 4.78 is 12.9. The number of hydrogen-bond donors (Lipinski definition) is 1. The van der Waals surface area contributed by atoms with Crippen molar-refractivity contribution in [2.45, 2.75) is 20.8 Å². The van der Waals surface area contributed by atoms with Crippen LogP contribution >= 0.6 is 0 Å². The first kappa shape index (κ1) is 14.8. The van der Waals surface area contributed by atoms with Crippen molar-refractivity contribution < 1.29 is 9.18 Å². The number of nitrogens with zero attached hydrogens (tertiary/aromatic N) is 2. The summed E-state index contributed by atoms with van der Waals surface area (Å²) in [5.74, 6) is -0.755. The first-order valence-electron chi connectivity index (χ1n) is 5.83. The third kappa shape index (κ3) is 4.83. The lowest BCUT2D eigenvalue weighted by Gasteiger charge is -2.04. The Balaban J connectivity index is 2.74. The van der Waals surface area contributed by atoms with Gasteiger partial charge in [-0.15, -0.1) is 0 Å². The van der Waals surface area contributed by atoms with Crippen LogP contribution < -0.4 is 5.32 Å². The van der Waals surface area contributed by atoms with Gasteiger partial charge in [-0.1, -0.05) is 12.2 Å². The molecule has 4 nitrogen and oxygen atoms in total. The Labute approximate surface area is 111 Å². The van der Waals surface area contributed by atoms with Crippen LogP contribution in [0.1, 0.15) is 30.0 Å². The summed E-state index contributed by atoms with van der Waals surface area (Å²) in [4.78, 5) is 19.8. The van der Waals surface area contributed by atoms with Crippen molar-refractivity contribution in [1.82, 2.24) is 15.3 Å². The van der Waals surface area contributed by atoms with Gasteiger partial charge in [0.15, 0.2) is 0 Å². The fourth-order valence-electron chi connectivity index (χ4n) is 1.18. The summed E-state index contributed by atoms with van der Waals surface area (Å²) in [6.45, 7) is 5.12. The van der Waals surface area contributed by atoms with Crippen LogP contribution in [0.3, 0.4) is 0 Å². The van der Waals surface area contributed by atoms with Crippen molar-refractivity contribution in [1.29, 1.82) is 0 Å². The Bertz CT molecular complexity index is 530. The third-order valence-electron chi connectivity index (χ3n) is 2.28. The summed E-state index contributed by atoms with van der Waals surface area (Å²) >= 11 is 0. The maximum Gasteiger partial charge on any atom is 0.275 e. The molecule has 0 unspecified atom stereocenters. The highest BCUT2D eigenvalue weighted by Crippen LogP contribution is 2.02. The van der Waals surface area contributed by atoms with Crippen LogP contribution in [0, 0.1) is 6.92 Å². The molecule has 0 radical (unpaired) electrons. The average molecular weight is 261 g/mol. The largest absolute Gasteiger partial charge is 0.321 e. The summed E-state index contributed by atoms with van der Waals surface area (Å²) in [5, 5.41) is 2.62. The topological polar surface area (TPSA) is 54.9 Å². The number of nitrogens with one attached hydrogen (secondary N) is 1. The van der Waals surface area contributed by atoms with Gasteiger partial charge in [0, 0.05) is 11.9 Å². The van der Waals surface area contributed by atoms with Crippen LogP contribution in [-0.2, 0) is 0 Å². The quantitative estimate of drug-likeness (QED) is 0.848. The smallest absolute Gasteiger partial charge is 0.275 e. The van der Waals surface area contributed by atoms with Crippen LogP contribution in [0.2, 0.25) is 0 Å². The van der Waals surface area contributed by atoms with E-state index in [9.17, 15) is 9.18 Å². The molecule has 0 aliphatic rings. The SMILES string of the molecule is C/C=C(F)/C=C\C(=C/C)NC(=O)c1cnc(C)cn1. The van der Waals surface area contributed by atoms with Crippen molar-refractivity contribution in [3.8, 4) is 0 Å². The molecule has 5 heteroatoms. The molecule has 100 valence electrons. The Morgan fingerprint density at radius 1 is 1.21 bits per heavy atom. The molecular formula is C14H16FN3O. The number of hydrogen-bond acceptors (Lipinski definition) is 3. The molecule has 1 aromatic rings. The first-order valence-corrected chi connectivity index (χ1v) is 5.83. The second kappa shape index (κ2) is 7.20. The average Bonchev–Trinajstić information content (AvgIpc) is 2.43. The van der Waals surface area contributed by atoms with Crippen LogP contribution in [0.25, 0.3) is 0 Å². The second-order valence-corrected chi connectivity index (χ2v) is 3.75. The molecule has 0 spiro atoms. The van der Waals surface area contributed by atoms with Gasteiger partial charge in [-0.2, -0.15) is 0 Å². The van der Waals surface area contributed by atoms with Crippen molar-refractivity contribution in [2.75, 3.05) is 0 Å². The van der Waals surface area contributed by atoms with Gasteiger partial charge in [-0.05, 0) is 32.9 Å². The Kier molecular flexibility index (Phi) is 5.60. The second-order valence-electron chi connectivity index (χ2n) is 3.75. The molecule has 0 saturated heterocycles. The van der Waals surface area contributed by atoms with Gasteiger partial charge in [0.05, 0.1) is 11.9 Å². The van der Waals surface area contributed by atoms with Crippen LogP contribution in [0.5, 0.6) is 0 Å². The van der Waals surface area contributed by atoms with Gasteiger partial charge in [0.25, 0.3) is 5.91 Å². The number of carbonyl (C=O) groups excluding carboxylic acids is 1. The van der Waals surface area contributed by atoms with E-state index < -0.39 is 0 Å². The number of amides is 1. The van der Waals surface area contributed by atoms with E-state index in [0.717, 1.165) is 5.69 Å². The summed E-state index contributed by atoms with van der Waals surface area (Å²) in [7, 11) is 0. The van der Waals surface area contributed by atoms with Crippen molar-refractivity contribution in [3.63, 3.8) is 0 Å². The molecule has 0 aliphatic heterocycles. The maximum absolute atomic E-state index is 12.9. The van der Waals surface area contributed by atoms with E-state index in [1.165, 1.54) is 30.6 Å². The first-order chi connectivity index (χ1) is 9.06. The van der Waals surface area contributed by atoms with Crippen LogP contribution in [0.4, 0.5) is 4.39 Å². The monoisotopic (exact) mass is 261 g/mol. The fraction of sp³-hybridized carbons (Fsp3) is 0.214. The Morgan fingerprint density at radius 3 is 2.47 bits per heavy atom. The number of halogens is 1. The lowest BCUT2D eigenvalue weighted by Crippen LogP contribution is -2.23. The van der Waals surface area contributed by atoms with Gasteiger partial charge in [-0.3, -0.25) is 9.78 Å². The molecule has 1 rings (SSSR count). The van der Waals surface area contributed by atoms with Crippen molar-refractivity contribution in [2.24, 2.45) is 0 Å². The maximum atomic E-state index is 12.9. The van der Waals surface area contributed by atoms with E-state index >= 15 is 0 Å². The van der Waals surface area contributed by atoms with E-state index in [0.29, 0.717) is 5.70 Å². The lowest BCUT2D eigenvalue weighted by atomic mass is 10.3. The predicted octanol–water partition coefficient (Wildman–Crippen LogP) is 2.85. The zero-order valence-corrected chi connectivity index (χ0v) is 11.1. The van der Waals surface area contributed by atoms with Gasteiger partial charge in [0.1, 0.15) is 11.5 Å². The normalized spacial score (nSPS) is 12.8. The molecule has 0 atom stereocenters. The lowest BCUT2D eigenvalue weighted by molar-refractivity contribution is 0.0961. The molecule has 0 fully saturated rings. The molecule has 0 aliphatic carbocycles. The molecule has 1 N–H and O–H groups in total. The van der Waals surface area contributed by atoms with Crippen molar-refractivity contribution in [3.05, 3.63) is 59.6 Å². The van der Waals surface area contributed by atoms with E-state index in [1.54, 1.807) is 26.8 Å². The van der Waals surface area contributed by atoms with E-state index in [4.69, 9.17) is 0 Å². The Morgan fingerprint density at radius 2 is 1.95 bits per heavy atom. The molecule has 0 aromatic carbocycles. The highest BCUT2D eigenvalue weighted by molar-refractivity contribution is 5.93. The number of carbonyl (C=O) groups is 1. The fourth-order valence-corrected chi connectivity index (χ4v) is 1.18. The van der Waals surface area contributed by atoms with Crippen molar-refractivity contribution >= 4 is 5.91 Å². The van der Waals surface area contributed by atoms with E-state index in [-0.39, 0.29) is 17.4 Å². The third-order valence-corrected chi connectivity index (χ3v) is 2.28. The van der Waals surface area contributed by atoms with E-state index in [2.05, 4.69) is 15.3 Å². The number of aromatic nitrogens is 2. The molecule has 0 bridgehead atoms. The number of aryl methyl sites for hydroxylation is 1. The highest BCUT2D eigenvalue weighted by Gasteiger charge is 2.07. The van der Waals surface area contributed by atoms with Gasteiger partial charge >= 0.3 is 0 Å². The molecule has 19 heavy (non-hydrogen) atoms. The zero-order valence-electron chi connectivity index (χ0n) is 11.1. The number of allylic oxidation sites excluding steroid dienone is 5. The predicted molar refractivity (Wildman–Crippen MR) is 72.0 cm³/mol. The molecule has 1 aromatic heterocycles. The minimum atomic E-state index is -0.383. The minimum absolute atomic E-state index is 0.213. The molecule has 0 saturated carbocycles. The number of rotatable bonds is 4. The molecule has 1 heterocycles. The Hall–Kier alpha value is -2.30. The zero-order chi connectivity index (χ0) is 14.3. The summed E-state index contributed by atoms with van der Waals surface area (Å²) in [5.41, 5.74) is 1.44. The minimum Gasteiger partial charge on any atom is -0.321 e. The summed E-state index contributed by atoms with van der Waals surface area (Å²) in [6.07, 6.45) is 8.66. The van der Waals surface area contributed by atoms with Gasteiger partial charge < -0.3 is 5.32 Å². The van der Waals surface area contributed by atoms with Gasteiger partial charge in [-0.25, -0.2) is 9.37 Å². The van der Waals surface area contributed by atoms with Gasteiger partial charge in [0.2, 0.25) is 0 Å².